The molecule has 2 rings (SSSR count). The van der Waals surface area contributed by atoms with Crippen molar-refractivity contribution < 1.29 is 14.3 Å². The number of amides is 1. The predicted molar refractivity (Wildman–Crippen MR) is 68.5 cm³/mol. The lowest BCUT2D eigenvalue weighted by molar-refractivity contribution is -0.0817. The van der Waals surface area contributed by atoms with E-state index in [4.69, 9.17) is 15.2 Å². The zero-order valence-electron chi connectivity index (χ0n) is 10.2. The summed E-state index contributed by atoms with van der Waals surface area (Å²) in [6.07, 6.45) is 4.19. The Labute approximate surface area is 112 Å². The second kappa shape index (κ2) is 6.02. The van der Waals surface area contributed by atoms with E-state index in [0.29, 0.717) is 6.61 Å². The lowest BCUT2D eigenvalue weighted by atomic mass is 9.89. The first-order valence-electron chi connectivity index (χ1n) is 5.63. The Bertz CT molecular complexity index is 396. The van der Waals surface area contributed by atoms with Crippen LogP contribution in [0.25, 0.3) is 0 Å². The van der Waals surface area contributed by atoms with E-state index in [2.05, 4.69) is 4.98 Å². The van der Waals surface area contributed by atoms with Crippen LogP contribution in [0.2, 0.25) is 0 Å². The Balaban J connectivity index is 0.00000162. The Morgan fingerprint density at radius 3 is 2.72 bits per heavy atom. The highest BCUT2D eigenvalue weighted by molar-refractivity contribution is 5.85. The normalized spacial score (nSPS) is 21.7. The molecular weight excluding hydrogens is 256 g/mol. The van der Waals surface area contributed by atoms with Crippen molar-refractivity contribution in [1.29, 1.82) is 0 Å². The number of nitrogens with two attached hydrogens (primary N) is 1. The number of hydrogen-bond donors (Lipinski definition) is 1. The van der Waals surface area contributed by atoms with E-state index in [9.17, 15) is 4.79 Å². The molecule has 1 aliphatic heterocycles. The summed E-state index contributed by atoms with van der Waals surface area (Å²) in [5, 5.41) is 0. The molecule has 5 nitrogen and oxygen atoms in total. The van der Waals surface area contributed by atoms with Gasteiger partial charge in [0.25, 0.3) is 0 Å². The fourth-order valence-electron chi connectivity index (χ4n) is 2.21. The van der Waals surface area contributed by atoms with Crippen molar-refractivity contribution in [3.8, 4) is 0 Å². The molecule has 18 heavy (non-hydrogen) atoms. The quantitative estimate of drug-likeness (QED) is 0.913. The molecule has 6 heteroatoms. The number of aromatic nitrogens is 1. The molecule has 0 aliphatic carbocycles. The summed E-state index contributed by atoms with van der Waals surface area (Å²) < 4.78 is 10.9. The van der Waals surface area contributed by atoms with E-state index in [1.165, 1.54) is 0 Å². The third-order valence-electron chi connectivity index (χ3n) is 3.11. The molecule has 1 aliphatic rings. The zero-order chi connectivity index (χ0) is 12.3. The van der Waals surface area contributed by atoms with Crippen LogP contribution in [0.15, 0.2) is 24.5 Å². The van der Waals surface area contributed by atoms with Crippen molar-refractivity contribution in [2.75, 3.05) is 6.61 Å². The molecule has 0 spiro atoms. The van der Waals surface area contributed by atoms with Crippen LogP contribution in [0, 0.1) is 0 Å². The maximum atomic E-state index is 11.1. The summed E-state index contributed by atoms with van der Waals surface area (Å²) in [6.45, 7) is 2.51. The molecule has 1 unspecified atom stereocenters. The van der Waals surface area contributed by atoms with Crippen LogP contribution in [-0.2, 0) is 15.1 Å². The van der Waals surface area contributed by atoms with Crippen LogP contribution in [-0.4, -0.2) is 23.8 Å². The molecule has 1 saturated heterocycles. The standard InChI is InChI=1S/C12H16N2O3.ClH/c1-12(17-11(13)15,10-3-2-8-16-10)9-4-6-14-7-5-9;/h4-7,10H,2-3,8H2,1H3,(H2,13,15);1H/t10-,12?;/m0./s1. The van der Waals surface area contributed by atoms with Gasteiger partial charge in [-0.2, -0.15) is 0 Å². The largest absolute Gasteiger partial charge is 0.436 e. The maximum Gasteiger partial charge on any atom is 0.405 e. The van der Waals surface area contributed by atoms with Gasteiger partial charge in [0, 0.05) is 24.6 Å². The maximum absolute atomic E-state index is 11.1. The van der Waals surface area contributed by atoms with Crippen LogP contribution in [0.4, 0.5) is 4.79 Å². The first-order valence-corrected chi connectivity index (χ1v) is 5.63. The Kier molecular flexibility index (Phi) is 4.93. The minimum absolute atomic E-state index is 0. The molecule has 1 fully saturated rings. The fourth-order valence-corrected chi connectivity index (χ4v) is 2.21. The minimum Gasteiger partial charge on any atom is -0.436 e. The van der Waals surface area contributed by atoms with Crippen molar-refractivity contribution in [2.24, 2.45) is 5.73 Å². The van der Waals surface area contributed by atoms with Gasteiger partial charge in [0.05, 0.1) is 0 Å². The van der Waals surface area contributed by atoms with Gasteiger partial charge >= 0.3 is 6.09 Å². The topological polar surface area (TPSA) is 74.4 Å². The van der Waals surface area contributed by atoms with Gasteiger partial charge in [0.15, 0.2) is 5.60 Å². The third kappa shape index (κ3) is 2.91. The van der Waals surface area contributed by atoms with Gasteiger partial charge in [-0.1, -0.05) is 0 Å². The van der Waals surface area contributed by atoms with E-state index >= 15 is 0 Å². The Hall–Kier alpha value is -1.33. The summed E-state index contributed by atoms with van der Waals surface area (Å²) in [7, 11) is 0. The molecular formula is C12H17ClN2O3. The molecule has 100 valence electrons. The van der Waals surface area contributed by atoms with Crippen LogP contribution in [0.3, 0.4) is 0 Å². The molecule has 1 aromatic rings. The van der Waals surface area contributed by atoms with Gasteiger partial charge in [0.2, 0.25) is 0 Å². The molecule has 2 heterocycles. The van der Waals surface area contributed by atoms with Crippen molar-refractivity contribution in [3.63, 3.8) is 0 Å². The number of pyridine rings is 1. The van der Waals surface area contributed by atoms with E-state index in [1.807, 2.05) is 19.1 Å². The Morgan fingerprint density at radius 2 is 2.22 bits per heavy atom. The highest BCUT2D eigenvalue weighted by atomic mass is 35.5. The van der Waals surface area contributed by atoms with Crippen molar-refractivity contribution in [2.45, 2.75) is 31.5 Å². The molecule has 1 amide bonds. The summed E-state index contributed by atoms with van der Waals surface area (Å²) in [4.78, 5) is 15.0. The van der Waals surface area contributed by atoms with Crippen LogP contribution in [0.5, 0.6) is 0 Å². The number of rotatable bonds is 3. The number of carbonyl (C=O) groups is 1. The summed E-state index contributed by atoms with van der Waals surface area (Å²) in [5.41, 5.74) is 5.15. The number of nitrogens with zero attached hydrogens (tertiary/aromatic N) is 1. The summed E-state index contributed by atoms with van der Waals surface area (Å²) in [5.74, 6) is 0. The van der Waals surface area contributed by atoms with E-state index < -0.39 is 11.7 Å². The van der Waals surface area contributed by atoms with Gasteiger partial charge in [-0.15, -0.1) is 12.4 Å². The van der Waals surface area contributed by atoms with Gasteiger partial charge in [-0.3, -0.25) is 4.98 Å². The smallest absolute Gasteiger partial charge is 0.405 e. The highest BCUT2D eigenvalue weighted by Crippen LogP contribution is 2.35. The van der Waals surface area contributed by atoms with Crippen molar-refractivity contribution in [1.82, 2.24) is 4.98 Å². The number of carbonyl (C=O) groups excluding carboxylic acids is 1. The molecule has 2 atom stereocenters. The molecule has 2 N–H and O–H groups in total. The van der Waals surface area contributed by atoms with Crippen LogP contribution in [0.1, 0.15) is 25.3 Å². The van der Waals surface area contributed by atoms with Crippen LogP contribution < -0.4 is 5.73 Å². The molecule has 0 aromatic carbocycles. The monoisotopic (exact) mass is 272 g/mol. The second-order valence-corrected chi connectivity index (χ2v) is 4.27. The molecule has 0 saturated carbocycles. The zero-order valence-corrected chi connectivity index (χ0v) is 11.0. The number of hydrogen-bond acceptors (Lipinski definition) is 4. The molecule has 1 aromatic heterocycles. The fraction of sp³-hybridized carbons (Fsp3) is 0.500. The average molecular weight is 273 g/mol. The lowest BCUT2D eigenvalue weighted by Crippen LogP contribution is -2.42. The molecule has 0 bridgehead atoms. The van der Waals surface area contributed by atoms with Crippen molar-refractivity contribution >= 4 is 18.5 Å². The van der Waals surface area contributed by atoms with Crippen molar-refractivity contribution in [3.05, 3.63) is 30.1 Å². The predicted octanol–water partition coefficient (Wildman–Crippen LogP) is 1.99. The van der Waals surface area contributed by atoms with Gasteiger partial charge < -0.3 is 15.2 Å². The van der Waals surface area contributed by atoms with Gasteiger partial charge in [-0.05, 0) is 31.9 Å². The van der Waals surface area contributed by atoms with E-state index in [-0.39, 0.29) is 18.5 Å². The first kappa shape index (κ1) is 14.7. The first-order chi connectivity index (χ1) is 8.13. The van der Waals surface area contributed by atoms with Gasteiger partial charge in [0.1, 0.15) is 6.10 Å². The van der Waals surface area contributed by atoms with E-state index in [1.54, 1.807) is 12.4 Å². The summed E-state index contributed by atoms with van der Waals surface area (Å²) >= 11 is 0. The Morgan fingerprint density at radius 1 is 1.56 bits per heavy atom. The molecule has 0 radical (unpaired) electrons. The van der Waals surface area contributed by atoms with E-state index in [0.717, 1.165) is 18.4 Å². The number of primary amides is 1. The van der Waals surface area contributed by atoms with Crippen LogP contribution >= 0.6 is 12.4 Å². The number of ether oxygens (including phenoxy) is 2. The average Bonchev–Trinajstić information content (AvgIpc) is 2.83. The SMILES string of the molecule is CC(OC(N)=O)(c1ccncc1)[C@@H]1CCCO1.Cl. The highest BCUT2D eigenvalue weighted by Gasteiger charge is 2.42. The minimum atomic E-state index is -0.842. The second-order valence-electron chi connectivity index (χ2n) is 4.27. The van der Waals surface area contributed by atoms with Gasteiger partial charge in [-0.25, -0.2) is 4.79 Å². The number of halogens is 1. The third-order valence-corrected chi connectivity index (χ3v) is 3.11. The lowest BCUT2D eigenvalue weighted by Gasteiger charge is -2.34. The summed E-state index contributed by atoms with van der Waals surface area (Å²) in [6, 6.07) is 3.62.